The van der Waals surface area contributed by atoms with Gasteiger partial charge in [-0.1, -0.05) is 115 Å². The van der Waals surface area contributed by atoms with Crippen LogP contribution in [0.15, 0.2) is 120 Å². The van der Waals surface area contributed by atoms with E-state index in [4.69, 9.17) is 33.5 Å². The molecule has 0 aromatic heterocycles. The zero-order valence-electron chi connectivity index (χ0n) is 17.1. The van der Waals surface area contributed by atoms with E-state index in [1.165, 1.54) is 15.9 Å². The van der Waals surface area contributed by atoms with E-state index < -0.39 is 6.89 Å². The van der Waals surface area contributed by atoms with Gasteiger partial charge in [-0.2, -0.15) is 0 Å². The molecule has 4 aromatic rings. The average molecular weight is 472 g/mol. The zero-order valence-corrected chi connectivity index (χ0v) is 19.5. The maximum atomic E-state index is 6.46. The summed E-state index contributed by atoms with van der Waals surface area (Å²) in [5, 5.41) is 4.48. The van der Waals surface area contributed by atoms with Crippen molar-refractivity contribution in [2.45, 2.75) is 0 Å². The Kier molecular flexibility index (Phi) is 5.80. The summed E-state index contributed by atoms with van der Waals surface area (Å²) in [7, 11) is 0. The Morgan fingerprint density at radius 2 is 1.06 bits per heavy atom. The van der Waals surface area contributed by atoms with Gasteiger partial charge in [0, 0.05) is 6.89 Å². The van der Waals surface area contributed by atoms with Crippen molar-refractivity contribution in [1.29, 1.82) is 0 Å². The zero-order chi connectivity index (χ0) is 22.0. The average Bonchev–Trinajstić information content (AvgIpc) is 3.23. The SMILES string of the molecule is S=C1OC(c2ccccc2Cl)=NC1=P(c1ccccc1)(c1ccccc1)c1ccccc1. The fourth-order valence-corrected chi connectivity index (χ4v) is 8.83. The van der Waals surface area contributed by atoms with Crippen LogP contribution in [0.2, 0.25) is 5.02 Å². The molecule has 0 amide bonds. The Bertz CT molecular complexity index is 1270. The predicted molar refractivity (Wildman–Crippen MR) is 142 cm³/mol. The molecule has 0 atom stereocenters. The van der Waals surface area contributed by atoms with E-state index in [0.29, 0.717) is 16.0 Å². The molecular formula is C27H19ClNOPS. The van der Waals surface area contributed by atoms with E-state index in [9.17, 15) is 0 Å². The summed E-state index contributed by atoms with van der Waals surface area (Å²) in [6, 6.07) is 39.0. The smallest absolute Gasteiger partial charge is 0.230 e. The second-order valence-electron chi connectivity index (χ2n) is 7.29. The van der Waals surface area contributed by atoms with Crippen LogP contribution in [0.25, 0.3) is 0 Å². The molecule has 0 N–H and O–H groups in total. The Morgan fingerprint density at radius 1 is 0.625 bits per heavy atom. The molecule has 156 valence electrons. The number of nitrogens with zero attached hydrogens (tertiary/aromatic N) is 1. The van der Waals surface area contributed by atoms with Crippen molar-refractivity contribution in [3.05, 3.63) is 126 Å². The van der Waals surface area contributed by atoms with Crippen molar-refractivity contribution < 1.29 is 4.74 Å². The number of halogens is 1. The van der Waals surface area contributed by atoms with Crippen molar-refractivity contribution in [3.8, 4) is 0 Å². The third-order valence-corrected chi connectivity index (χ3v) is 10.3. The summed E-state index contributed by atoms with van der Waals surface area (Å²) in [5.41, 5.74) is 1.52. The summed E-state index contributed by atoms with van der Waals surface area (Å²) in [6.45, 7) is -2.41. The number of rotatable bonds is 4. The Hall–Kier alpha value is -2.97. The number of benzene rings is 4. The highest BCUT2D eigenvalue weighted by Gasteiger charge is 2.36. The first-order valence-corrected chi connectivity index (χ1v) is 12.8. The lowest BCUT2D eigenvalue weighted by Gasteiger charge is -2.29. The lowest BCUT2D eigenvalue weighted by Crippen LogP contribution is -2.31. The first-order valence-electron chi connectivity index (χ1n) is 10.2. The van der Waals surface area contributed by atoms with E-state index in [-0.39, 0.29) is 0 Å². The molecule has 1 aliphatic heterocycles. The third-order valence-electron chi connectivity index (χ3n) is 5.43. The second kappa shape index (κ2) is 8.88. The maximum Gasteiger partial charge on any atom is 0.230 e. The van der Waals surface area contributed by atoms with Crippen molar-refractivity contribution >= 4 is 63.0 Å². The second-order valence-corrected chi connectivity index (χ2v) is 11.4. The third kappa shape index (κ3) is 3.53. The predicted octanol–water partition coefficient (Wildman–Crippen LogP) is 5.57. The molecule has 0 saturated carbocycles. The molecule has 5 rings (SSSR count). The highest BCUT2D eigenvalue weighted by atomic mass is 35.5. The summed E-state index contributed by atoms with van der Waals surface area (Å²) in [6.07, 6.45) is 0. The van der Waals surface area contributed by atoms with Crippen LogP contribution in [0, 0.1) is 0 Å². The van der Waals surface area contributed by atoms with Crippen LogP contribution in [0.5, 0.6) is 0 Å². The number of hydrogen-bond acceptors (Lipinski definition) is 2. The molecule has 2 nitrogen and oxygen atoms in total. The van der Waals surface area contributed by atoms with Gasteiger partial charge >= 0.3 is 0 Å². The van der Waals surface area contributed by atoms with Crippen LogP contribution in [-0.2, 0) is 4.74 Å². The minimum Gasteiger partial charge on any atom is -0.424 e. The van der Waals surface area contributed by atoms with Gasteiger partial charge in [0.1, 0.15) is 5.42 Å². The van der Waals surface area contributed by atoms with Crippen molar-refractivity contribution in [3.63, 3.8) is 0 Å². The quantitative estimate of drug-likeness (QED) is 0.287. The fourth-order valence-electron chi connectivity index (χ4n) is 4.03. The number of hydrogen-bond donors (Lipinski definition) is 0. The summed E-state index contributed by atoms with van der Waals surface area (Å²) >= 11 is 12.3. The van der Waals surface area contributed by atoms with E-state index in [1.54, 1.807) is 0 Å². The topological polar surface area (TPSA) is 21.6 Å². The van der Waals surface area contributed by atoms with Gasteiger partial charge in [0.2, 0.25) is 10.9 Å². The molecule has 0 saturated heterocycles. The van der Waals surface area contributed by atoms with Gasteiger partial charge in [-0.05, 0) is 40.3 Å². The van der Waals surface area contributed by atoms with Crippen LogP contribution in [0.1, 0.15) is 5.56 Å². The lowest BCUT2D eigenvalue weighted by atomic mass is 10.2. The molecule has 0 radical (unpaired) electrons. The Labute approximate surface area is 198 Å². The number of aliphatic imine (C=N–C) groups is 1. The Morgan fingerprint density at radius 3 is 1.53 bits per heavy atom. The molecule has 1 aliphatic rings. The first-order chi connectivity index (χ1) is 15.7. The molecule has 32 heavy (non-hydrogen) atoms. The summed E-state index contributed by atoms with van der Waals surface area (Å²) < 4.78 is 6.10. The molecule has 4 aromatic carbocycles. The van der Waals surface area contributed by atoms with Gasteiger partial charge in [-0.25, -0.2) is 4.99 Å². The van der Waals surface area contributed by atoms with Crippen molar-refractivity contribution in [1.82, 2.24) is 0 Å². The van der Waals surface area contributed by atoms with Crippen LogP contribution < -0.4 is 15.9 Å². The highest BCUT2D eigenvalue weighted by Crippen LogP contribution is 2.48. The minimum atomic E-state index is -2.41. The molecule has 0 fully saturated rings. The van der Waals surface area contributed by atoms with E-state index in [1.807, 2.05) is 42.5 Å². The molecule has 0 spiro atoms. The lowest BCUT2D eigenvalue weighted by molar-refractivity contribution is 0.583. The van der Waals surface area contributed by atoms with Crippen LogP contribution in [0.3, 0.4) is 0 Å². The largest absolute Gasteiger partial charge is 0.424 e. The maximum absolute atomic E-state index is 6.46. The van der Waals surface area contributed by atoms with Crippen molar-refractivity contribution in [2.75, 3.05) is 0 Å². The van der Waals surface area contributed by atoms with Gasteiger partial charge in [0.05, 0.1) is 10.6 Å². The molecule has 1 heterocycles. The number of thiocarbonyl (C=S) groups is 1. The monoisotopic (exact) mass is 471 g/mol. The fraction of sp³-hybridized carbons (Fsp3) is 0. The highest BCUT2D eigenvalue weighted by molar-refractivity contribution is 7.98. The summed E-state index contributed by atoms with van der Waals surface area (Å²) in [4.78, 5) is 5.04. The minimum absolute atomic E-state index is 0.393. The first kappa shape index (κ1) is 20.9. The molecule has 5 heteroatoms. The molecule has 0 bridgehead atoms. The van der Waals surface area contributed by atoms with Crippen LogP contribution in [0.4, 0.5) is 0 Å². The molecule has 0 aliphatic carbocycles. The number of ether oxygens (including phenoxy) is 1. The molecule has 0 unspecified atom stereocenters. The van der Waals surface area contributed by atoms with Crippen LogP contribution in [-0.4, -0.2) is 16.4 Å². The van der Waals surface area contributed by atoms with Gasteiger partial charge in [0.25, 0.3) is 0 Å². The van der Waals surface area contributed by atoms with E-state index in [2.05, 4.69) is 72.8 Å². The Balaban J connectivity index is 1.94. The summed E-state index contributed by atoms with van der Waals surface area (Å²) in [5.74, 6) is 0.447. The van der Waals surface area contributed by atoms with Gasteiger partial charge < -0.3 is 4.74 Å². The van der Waals surface area contributed by atoms with Gasteiger partial charge in [-0.3, -0.25) is 0 Å². The molecular weight excluding hydrogens is 453 g/mol. The van der Waals surface area contributed by atoms with E-state index >= 15 is 0 Å². The van der Waals surface area contributed by atoms with Gasteiger partial charge in [-0.15, -0.1) is 0 Å². The van der Waals surface area contributed by atoms with Gasteiger partial charge in [0.15, 0.2) is 0 Å². The van der Waals surface area contributed by atoms with Crippen molar-refractivity contribution in [2.24, 2.45) is 4.99 Å². The standard InChI is InChI=1S/C27H19ClNOPS/c28-24-19-11-10-18-23(24)25-29-26(27(32)30-25)31(20-12-4-1-5-13-20,21-14-6-2-7-15-21)22-16-8-3-9-17-22/h1-19H. The normalized spacial score (nSPS) is 13.6. The van der Waals surface area contributed by atoms with E-state index in [0.717, 1.165) is 11.0 Å². The van der Waals surface area contributed by atoms with Crippen LogP contribution >= 0.6 is 30.7 Å².